The van der Waals surface area contributed by atoms with Gasteiger partial charge in [-0.1, -0.05) is 0 Å². The summed E-state index contributed by atoms with van der Waals surface area (Å²) in [6.45, 7) is 5.81. The lowest BCUT2D eigenvalue weighted by Gasteiger charge is -2.06. The van der Waals surface area contributed by atoms with Gasteiger partial charge in [-0.3, -0.25) is 4.68 Å². The van der Waals surface area contributed by atoms with E-state index in [2.05, 4.69) is 15.2 Å². The van der Waals surface area contributed by atoms with Crippen molar-refractivity contribution in [2.45, 2.75) is 26.8 Å². The van der Waals surface area contributed by atoms with E-state index in [1.807, 2.05) is 37.7 Å². The molecule has 0 aliphatic carbocycles. The highest BCUT2D eigenvalue weighted by Crippen LogP contribution is 2.32. The molecule has 1 atom stereocenters. The summed E-state index contributed by atoms with van der Waals surface area (Å²) in [5, 5.41) is 9.79. The summed E-state index contributed by atoms with van der Waals surface area (Å²) in [7, 11) is 1.37. The van der Waals surface area contributed by atoms with Crippen molar-refractivity contribution in [1.82, 2.24) is 29.4 Å². The van der Waals surface area contributed by atoms with Gasteiger partial charge in [-0.15, -0.1) is 16.4 Å². The number of ether oxygens (including phenoxy) is 1. The molecule has 0 saturated carbocycles. The average Bonchev–Trinajstić information content (AvgIpc) is 3.30. The zero-order chi connectivity index (χ0) is 17.7. The largest absolute Gasteiger partial charge is 0.465 e. The minimum atomic E-state index is -0.362. The van der Waals surface area contributed by atoms with Crippen LogP contribution in [0.4, 0.5) is 0 Å². The first-order chi connectivity index (χ1) is 12.0. The first-order valence-corrected chi connectivity index (χ1v) is 8.55. The number of fused-ring (bicyclic) bond motifs is 3. The number of rotatable bonds is 3. The molecule has 0 amide bonds. The summed E-state index contributed by atoms with van der Waals surface area (Å²) < 4.78 is 8.32. The van der Waals surface area contributed by atoms with Crippen molar-refractivity contribution >= 4 is 33.2 Å². The monoisotopic (exact) mass is 356 g/mol. The second-order valence-electron chi connectivity index (χ2n) is 5.82. The number of carbonyl (C=O) groups excluding carboxylic acids is 1. The summed E-state index contributed by atoms with van der Waals surface area (Å²) in [5.74, 6) is 0.279. The SMILES string of the molecule is COC(=O)c1sc2ncn3nc(C(C)n4ccc(C)n4)nc3c2c1C. The Morgan fingerprint density at radius 3 is 2.80 bits per heavy atom. The predicted molar refractivity (Wildman–Crippen MR) is 93.0 cm³/mol. The zero-order valence-electron chi connectivity index (χ0n) is 14.2. The number of methoxy groups -OCH3 is 1. The highest BCUT2D eigenvalue weighted by molar-refractivity contribution is 7.20. The Hall–Kier alpha value is -2.81. The first kappa shape index (κ1) is 15.7. The topological polar surface area (TPSA) is 87.2 Å². The molecular formula is C16H16N6O2S. The maximum atomic E-state index is 11.9. The molecule has 0 aliphatic rings. The van der Waals surface area contributed by atoms with Crippen LogP contribution >= 0.6 is 11.3 Å². The predicted octanol–water partition coefficient (Wildman–Crippen LogP) is 2.55. The molecular weight excluding hydrogens is 340 g/mol. The standard InChI is InChI=1S/C16H16N6O2S/c1-8-5-6-21(19-8)10(3)13-18-14-11-9(2)12(16(23)24-4)25-15(11)17-7-22(14)20-13/h5-7,10H,1-4H3. The molecule has 1 unspecified atom stereocenters. The van der Waals surface area contributed by atoms with Gasteiger partial charge in [-0.2, -0.15) is 5.10 Å². The number of thiophene rings is 1. The van der Waals surface area contributed by atoms with Crippen molar-refractivity contribution in [3.05, 3.63) is 40.5 Å². The van der Waals surface area contributed by atoms with E-state index in [0.717, 1.165) is 21.5 Å². The van der Waals surface area contributed by atoms with E-state index in [9.17, 15) is 4.79 Å². The summed E-state index contributed by atoms with van der Waals surface area (Å²) in [6, 6.07) is 1.83. The van der Waals surface area contributed by atoms with Crippen molar-refractivity contribution in [2.75, 3.05) is 7.11 Å². The van der Waals surface area contributed by atoms with Gasteiger partial charge >= 0.3 is 5.97 Å². The normalized spacial score (nSPS) is 12.8. The number of aryl methyl sites for hydroxylation is 2. The fraction of sp³-hybridized carbons (Fsp3) is 0.312. The van der Waals surface area contributed by atoms with Crippen molar-refractivity contribution in [3.8, 4) is 0 Å². The summed E-state index contributed by atoms with van der Waals surface area (Å²) in [4.78, 5) is 22.3. The van der Waals surface area contributed by atoms with Crippen LogP contribution in [-0.2, 0) is 4.74 Å². The smallest absolute Gasteiger partial charge is 0.348 e. The van der Waals surface area contributed by atoms with Crippen LogP contribution in [0.3, 0.4) is 0 Å². The van der Waals surface area contributed by atoms with Gasteiger partial charge in [-0.25, -0.2) is 19.3 Å². The van der Waals surface area contributed by atoms with Gasteiger partial charge in [0.05, 0.1) is 18.2 Å². The van der Waals surface area contributed by atoms with E-state index in [-0.39, 0.29) is 12.0 Å². The van der Waals surface area contributed by atoms with Crippen molar-refractivity contribution in [1.29, 1.82) is 0 Å². The van der Waals surface area contributed by atoms with E-state index in [1.165, 1.54) is 18.4 Å². The molecule has 25 heavy (non-hydrogen) atoms. The second kappa shape index (κ2) is 5.62. The van der Waals surface area contributed by atoms with Gasteiger partial charge in [0.1, 0.15) is 22.1 Å². The quantitative estimate of drug-likeness (QED) is 0.524. The van der Waals surface area contributed by atoms with E-state index < -0.39 is 0 Å². The molecule has 4 heterocycles. The maximum Gasteiger partial charge on any atom is 0.348 e. The third kappa shape index (κ3) is 2.39. The molecule has 0 spiro atoms. The molecule has 4 rings (SSSR count). The van der Waals surface area contributed by atoms with Crippen LogP contribution in [0.25, 0.3) is 15.9 Å². The highest BCUT2D eigenvalue weighted by atomic mass is 32.1. The van der Waals surface area contributed by atoms with Crippen molar-refractivity contribution in [3.63, 3.8) is 0 Å². The highest BCUT2D eigenvalue weighted by Gasteiger charge is 2.22. The lowest BCUT2D eigenvalue weighted by molar-refractivity contribution is 0.0605. The third-order valence-electron chi connectivity index (χ3n) is 4.17. The number of nitrogens with zero attached hydrogens (tertiary/aromatic N) is 6. The molecule has 0 aliphatic heterocycles. The Bertz CT molecular complexity index is 1110. The Labute approximate surface area is 147 Å². The fourth-order valence-electron chi connectivity index (χ4n) is 2.78. The van der Waals surface area contributed by atoms with Gasteiger partial charge < -0.3 is 4.74 Å². The van der Waals surface area contributed by atoms with Crippen LogP contribution in [0.1, 0.15) is 39.7 Å². The van der Waals surface area contributed by atoms with Crippen LogP contribution in [0.2, 0.25) is 0 Å². The molecule has 0 fully saturated rings. The minimum absolute atomic E-state index is 0.109. The molecule has 128 valence electrons. The first-order valence-electron chi connectivity index (χ1n) is 7.74. The number of hydrogen-bond acceptors (Lipinski definition) is 7. The molecule has 0 saturated heterocycles. The maximum absolute atomic E-state index is 11.9. The van der Waals surface area contributed by atoms with Gasteiger partial charge in [-0.05, 0) is 32.4 Å². The second-order valence-corrected chi connectivity index (χ2v) is 6.82. The minimum Gasteiger partial charge on any atom is -0.465 e. The van der Waals surface area contributed by atoms with Crippen molar-refractivity contribution in [2.24, 2.45) is 0 Å². The van der Waals surface area contributed by atoms with Gasteiger partial charge in [0.25, 0.3) is 0 Å². The van der Waals surface area contributed by atoms with Crippen LogP contribution in [0.5, 0.6) is 0 Å². The van der Waals surface area contributed by atoms with Gasteiger partial charge in [0.2, 0.25) is 0 Å². The van der Waals surface area contributed by atoms with E-state index >= 15 is 0 Å². The fourth-order valence-corrected chi connectivity index (χ4v) is 3.84. The van der Waals surface area contributed by atoms with E-state index in [0.29, 0.717) is 16.3 Å². The lowest BCUT2D eigenvalue weighted by Crippen LogP contribution is -2.09. The Morgan fingerprint density at radius 1 is 1.32 bits per heavy atom. The van der Waals surface area contributed by atoms with Crippen molar-refractivity contribution < 1.29 is 9.53 Å². The van der Waals surface area contributed by atoms with Gasteiger partial charge in [0.15, 0.2) is 11.5 Å². The van der Waals surface area contributed by atoms with Crippen LogP contribution < -0.4 is 0 Å². The van der Waals surface area contributed by atoms with E-state index in [4.69, 9.17) is 9.72 Å². The number of hydrogen-bond donors (Lipinski definition) is 0. The number of aromatic nitrogens is 6. The molecule has 0 radical (unpaired) electrons. The van der Waals surface area contributed by atoms with Crippen LogP contribution in [0, 0.1) is 13.8 Å². The van der Waals surface area contributed by atoms with Crippen LogP contribution in [-0.4, -0.2) is 42.4 Å². The Balaban J connectivity index is 1.89. The molecule has 4 aromatic rings. The Kier molecular flexibility index (Phi) is 3.53. The van der Waals surface area contributed by atoms with Crippen LogP contribution in [0.15, 0.2) is 18.6 Å². The zero-order valence-corrected chi connectivity index (χ0v) is 15.0. The number of esters is 1. The Morgan fingerprint density at radius 2 is 2.12 bits per heavy atom. The summed E-state index contributed by atoms with van der Waals surface area (Å²) >= 11 is 1.30. The van der Waals surface area contributed by atoms with E-state index in [1.54, 1.807) is 10.8 Å². The third-order valence-corrected chi connectivity index (χ3v) is 5.35. The van der Waals surface area contributed by atoms with Gasteiger partial charge in [0, 0.05) is 6.20 Å². The molecule has 9 heteroatoms. The number of carbonyl (C=O) groups is 1. The molecule has 0 bridgehead atoms. The summed E-state index contributed by atoms with van der Waals surface area (Å²) in [6.07, 6.45) is 3.52. The lowest BCUT2D eigenvalue weighted by atomic mass is 10.2. The average molecular weight is 356 g/mol. The summed E-state index contributed by atoms with van der Waals surface area (Å²) in [5.41, 5.74) is 2.43. The molecule has 4 aromatic heterocycles. The molecule has 8 nitrogen and oxygen atoms in total. The molecule has 0 N–H and O–H groups in total. The molecule has 0 aromatic carbocycles.